The molecule has 4 heteroatoms. The molecule has 100 valence electrons. The van der Waals surface area contributed by atoms with Crippen molar-refractivity contribution in [1.29, 1.82) is 0 Å². The molecular formula is C14H24N4. The van der Waals surface area contributed by atoms with Crippen LogP contribution in [0.15, 0.2) is 6.33 Å². The van der Waals surface area contributed by atoms with Gasteiger partial charge in [-0.3, -0.25) is 0 Å². The maximum Gasteiger partial charge on any atom is 0.137 e. The number of nitrogens with zero attached hydrogens (tertiary/aromatic N) is 3. The van der Waals surface area contributed by atoms with E-state index in [2.05, 4.69) is 27.1 Å². The highest BCUT2D eigenvalue weighted by atomic mass is 15.2. The Morgan fingerprint density at radius 1 is 1.17 bits per heavy atom. The summed E-state index contributed by atoms with van der Waals surface area (Å²) in [6.07, 6.45) is 9.12. The van der Waals surface area contributed by atoms with Crippen LogP contribution in [-0.2, 0) is 6.42 Å². The van der Waals surface area contributed by atoms with Crippen LogP contribution < -0.4 is 10.2 Å². The zero-order chi connectivity index (χ0) is 12.8. The highest BCUT2D eigenvalue weighted by molar-refractivity contribution is 5.58. The lowest BCUT2D eigenvalue weighted by Gasteiger charge is -2.24. The van der Waals surface area contributed by atoms with E-state index in [1.165, 1.54) is 31.2 Å². The maximum atomic E-state index is 4.55. The molecule has 2 rings (SSSR count). The summed E-state index contributed by atoms with van der Waals surface area (Å²) in [6.45, 7) is 4.48. The van der Waals surface area contributed by atoms with Gasteiger partial charge in [-0.05, 0) is 19.3 Å². The third-order valence-electron chi connectivity index (χ3n) is 3.57. The van der Waals surface area contributed by atoms with Crippen LogP contribution in [0.2, 0.25) is 0 Å². The van der Waals surface area contributed by atoms with Crippen molar-refractivity contribution in [2.45, 2.75) is 45.4 Å². The molecule has 0 amide bonds. The van der Waals surface area contributed by atoms with Crippen LogP contribution in [0.3, 0.4) is 0 Å². The van der Waals surface area contributed by atoms with E-state index in [0.717, 1.165) is 37.6 Å². The number of hydrogen-bond donors (Lipinski definition) is 1. The second kappa shape index (κ2) is 6.57. The molecular weight excluding hydrogens is 224 g/mol. The molecule has 4 nitrogen and oxygen atoms in total. The van der Waals surface area contributed by atoms with Crippen LogP contribution >= 0.6 is 0 Å². The van der Waals surface area contributed by atoms with Crippen LogP contribution in [-0.4, -0.2) is 30.1 Å². The summed E-state index contributed by atoms with van der Waals surface area (Å²) in [6, 6.07) is 0. The molecule has 1 saturated heterocycles. The normalized spacial score (nSPS) is 16.4. The van der Waals surface area contributed by atoms with Gasteiger partial charge in [0, 0.05) is 25.7 Å². The van der Waals surface area contributed by atoms with Crippen molar-refractivity contribution in [1.82, 2.24) is 9.97 Å². The molecule has 1 aliphatic rings. The minimum atomic E-state index is 0.992. The standard InChI is InChI=1S/C14H24N4/c1-3-8-12-13(15-2)16-11-17-14(12)18-9-6-4-5-7-10-18/h11H,3-10H2,1-2H3,(H,15,16,17). The van der Waals surface area contributed by atoms with E-state index >= 15 is 0 Å². The van der Waals surface area contributed by atoms with Crippen molar-refractivity contribution in [3.05, 3.63) is 11.9 Å². The topological polar surface area (TPSA) is 41.1 Å². The van der Waals surface area contributed by atoms with Gasteiger partial charge in [-0.15, -0.1) is 0 Å². The highest BCUT2D eigenvalue weighted by Gasteiger charge is 2.17. The summed E-state index contributed by atoms with van der Waals surface area (Å²) in [5.74, 6) is 2.14. The van der Waals surface area contributed by atoms with Gasteiger partial charge in [0.25, 0.3) is 0 Å². The smallest absolute Gasteiger partial charge is 0.137 e. The summed E-state index contributed by atoms with van der Waals surface area (Å²) in [5.41, 5.74) is 1.28. The zero-order valence-electron chi connectivity index (χ0n) is 11.6. The van der Waals surface area contributed by atoms with Gasteiger partial charge in [-0.25, -0.2) is 9.97 Å². The first kappa shape index (κ1) is 13.1. The predicted octanol–water partition coefficient (Wildman–Crippen LogP) is 2.85. The summed E-state index contributed by atoms with van der Waals surface area (Å²) in [5, 5.41) is 3.20. The Hall–Kier alpha value is -1.32. The number of anilines is 2. The fraction of sp³-hybridized carbons (Fsp3) is 0.714. The molecule has 1 aliphatic heterocycles. The Morgan fingerprint density at radius 2 is 1.89 bits per heavy atom. The van der Waals surface area contributed by atoms with Crippen LogP contribution in [0.5, 0.6) is 0 Å². The molecule has 0 saturated carbocycles. The van der Waals surface area contributed by atoms with E-state index in [4.69, 9.17) is 0 Å². The quantitative estimate of drug-likeness (QED) is 0.889. The molecule has 0 atom stereocenters. The van der Waals surface area contributed by atoms with Crippen molar-refractivity contribution >= 4 is 11.6 Å². The molecule has 0 spiro atoms. The fourth-order valence-electron chi connectivity index (χ4n) is 2.65. The Kier molecular flexibility index (Phi) is 4.79. The Balaban J connectivity index is 2.29. The number of nitrogens with one attached hydrogen (secondary N) is 1. The Labute approximate surface area is 110 Å². The van der Waals surface area contributed by atoms with E-state index in [1.54, 1.807) is 6.33 Å². The molecule has 0 bridgehead atoms. The summed E-state index contributed by atoms with van der Waals surface area (Å²) in [4.78, 5) is 11.3. The largest absolute Gasteiger partial charge is 0.373 e. The molecule has 1 N–H and O–H groups in total. The Morgan fingerprint density at radius 3 is 2.50 bits per heavy atom. The van der Waals surface area contributed by atoms with E-state index in [-0.39, 0.29) is 0 Å². The third-order valence-corrected chi connectivity index (χ3v) is 3.57. The third kappa shape index (κ3) is 2.92. The molecule has 0 unspecified atom stereocenters. The molecule has 1 fully saturated rings. The maximum absolute atomic E-state index is 4.55. The number of aromatic nitrogens is 2. The minimum Gasteiger partial charge on any atom is -0.373 e. The molecule has 0 radical (unpaired) electrons. The molecule has 0 aliphatic carbocycles. The van der Waals surface area contributed by atoms with Gasteiger partial charge in [0.1, 0.15) is 18.0 Å². The fourth-order valence-corrected chi connectivity index (χ4v) is 2.65. The van der Waals surface area contributed by atoms with E-state index < -0.39 is 0 Å². The average Bonchev–Trinajstić information content (AvgIpc) is 2.68. The molecule has 2 heterocycles. The average molecular weight is 248 g/mol. The van der Waals surface area contributed by atoms with Crippen molar-refractivity contribution in [2.24, 2.45) is 0 Å². The first-order valence-electron chi connectivity index (χ1n) is 7.13. The SMILES string of the molecule is CCCc1c(NC)ncnc1N1CCCCCC1. The number of rotatable bonds is 4. The van der Waals surface area contributed by atoms with Crippen molar-refractivity contribution in [3.63, 3.8) is 0 Å². The second-order valence-corrected chi connectivity index (χ2v) is 4.93. The van der Waals surface area contributed by atoms with Gasteiger partial charge in [-0.1, -0.05) is 26.2 Å². The molecule has 18 heavy (non-hydrogen) atoms. The first-order valence-corrected chi connectivity index (χ1v) is 7.13. The summed E-state index contributed by atoms with van der Waals surface area (Å²) >= 11 is 0. The predicted molar refractivity (Wildman–Crippen MR) is 76.3 cm³/mol. The van der Waals surface area contributed by atoms with Gasteiger partial charge in [0.05, 0.1) is 0 Å². The van der Waals surface area contributed by atoms with Crippen molar-refractivity contribution in [2.75, 3.05) is 30.4 Å². The van der Waals surface area contributed by atoms with E-state index in [1.807, 2.05) is 7.05 Å². The first-order chi connectivity index (χ1) is 8.86. The molecule has 1 aromatic heterocycles. The van der Waals surface area contributed by atoms with Gasteiger partial charge < -0.3 is 10.2 Å². The Bertz CT molecular complexity index is 370. The molecule has 1 aromatic rings. The van der Waals surface area contributed by atoms with Gasteiger partial charge >= 0.3 is 0 Å². The van der Waals surface area contributed by atoms with Crippen LogP contribution in [0.4, 0.5) is 11.6 Å². The van der Waals surface area contributed by atoms with E-state index in [0.29, 0.717) is 0 Å². The number of hydrogen-bond acceptors (Lipinski definition) is 4. The van der Waals surface area contributed by atoms with Crippen LogP contribution in [0, 0.1) is 0 Å². The highest BCUT2D eigenvalue weighted by Crippen LogP contribution is 2.26. The minimum absolute atomic E-state index is 0.992. The van der Waals surface area contributed by atoms with Crippen LogP contribution in [0.25, 0.3) is 0 Å². The van der Waals surface area contributed by atoms with Gasteiger partial charge in [-0.2, -0.15) is 0 Å². The van der Waals surface area contributed by atoms with Crippen molar-refractivity contribution in [3.8, 4) is 0 Å². The summed E-state index contributed by atoms with van der Waals surface area (Å²) in [7, 11) is 1.94. The van der Waals surface area contributed by atoms with E-state index in [9.17, 15) is 0 Å². The monoisotopic (exact) mass is 248 g/mol. The summed E-state index contributed by atoms with van der Waals surface area (Å²) < 4.78 is 0. The zero-order valence-corrected chi connectivity index (χ0v) is 11.6. The molecule has 0 aromatic carbocycles. The lowest BCUT2D eigenvalue weighted by Crippen LogP contribution is -2.26. The lowest BCUT2D eigenvalue weighted by molar-refractivity contribution is 0.726. The van der Waals surface area contributed by atoms with Crippen LogP contribution in [0.1, 0.15) is 44.6 Å². The van der Waals surface area contributed by atoms with Gasteiger partial charge in [0.2, 0.25) is 0 Å². The van der Waals surface area contributed by atoms with Gasteiger partial charge in [0.15, 0.2) is 0 Å². The van der Waals surface area contributed by atoms with Crippen molar-refractivity contribution < 1.29 is 0 Å². The lowest BCUT2D eigenvalue weighted by atomic mass is 10.1. The second-order valence-electron chi connectivity index (χ2n) is 4.93.